The van der Waals surface area contributed by atoms with Gasteiger partial charge in [0.2, 0.25) is 0 Å². The molecule has 0 radical (unpaired) electrons. The van der Waals surface area contributed by atoms with E-state index in [0.717, 1.165) is 0 Å². The van der Waals surface area contributed by atoms with Crippen molar-refractivity contribution in [2.24, 2.45) is 34.0 Å². The Morgan fingerprint density at radius 1 is 1.03 bits per heavy atom. The van der Waals surface area contributed by atoms with Gasteiger partial charge in [-0.05, 0) is 48.0 Å². The highest BCUT2D eigenvalue weighted by molar-refractivity contribution is 5.68. The highest BCUT2D eigenvalue weighted by Gasteiger charge is 2.77. The van der Waals surface area contributed by atoms with Crippen LogP contribution in [0, 0.1) is 34.0 Å². The first-order valence-corrected chi connectivity index (χ1v) is 11.4. The van der Waals surface area contributed by atoms with E-state index < -0.39 is 64.6 Å². The molecule has 4 fully saturated rings. The van der Waals surface area contributed by atoms with Crippen LogP contribution in [-0.2, 0) is 19.1 Å². The van der Waals surface area contributed by atoms with E-state index in [1.54, 1.807) is 0 Å². The molecule has 4 saturated carbocycles. The molecule has 3 N–H and O–H groups in total. The molecule has 7 nitrogen and oxygen atoms in total. The standard InChI is InChI=1S/C24H36O7/c1-11-14-9-15(27)18-23(6)8-7-16(28)22(4,5)19(23)17(30-12(2)25)21(31-13(3)26)24(18,10-14)20(11)29/h14-21,27-29H,1,7-10H2,2-6H3/t14-,15-,16-,17+,18-,19+,20+,21-,23-,24-/m0/s1. The van der Waals surface area contributed by atoms with E-state index in [1.807, 2.05) is 13.8 Å². The number of hydrogen-bond donors (Lipinski definition) is 3. The molecular formula is C24H36O7. The average Bonchev–Trinajstić information content (AvgIpc) is 2.83. The van der Waals surface area contributed by atoms with Gasteiger partial charge in [0, 0.05) is 31.1 Å². The molecule has 4 rings (SSSR count). The molecule has 4 aliphatic rings. The van der Waals surface area contributed by atoms with Crippen molar-refractivity contribution in [3.8, 4) is 0 Å². The summed E-state index contributed by atoms with van der Waals surface area (Å²) in [4.78, 5) is 24.5. The van der Waals surface area contributed by atoms with Crippen molar-refractivity contribution < 1.29 is 34.4 Å². The zero-order valence-corrected chi connectivity index (χ0v) is 19.1. The smallest absolute Gasteiger partial charge is 0.303 e. The van der Waals surface area contributed by atoms with Crippen molar-refractivity contribution in [2.75, 3.05) is 0 Å². The monoisotopic (exact) mass is 436 g/mol. The molecular weight excluding hydrogens is 400 g/mol. The molecule has 0 aliphatic heterocycles. The van der Waals surface area contributed by atoms with Crippen LogP contribution in [-0.4, -0.2) is 57.8 Å². The molecule has 0 heterocycles. The topological polar surface area (TPSA) is 113 Å². The molecule has 0 aromatic rings. The number of carbonyl (C=O) groups excluding carboxylic acids is 2. The van der Waals surface area contributed by atoms with Crippen LogP contribution in [0.2, 0.25) is 0 Å². The van der Waals surface area contributed by atoms with Gasteiger partial charge in [-0.15, -0.1) is 0 Å². The van der Waals surface area contributed by atoms with Gasteiger partial charge in [0.15, 0.2) is 0 Å². The van der Waals surface area contributed by atoms with Crippen molar-refractivity contribution in [3.63, 3.8) is 0 Å². The lowest BCUT2D eigenvalue weighted by Crippen LogP contribution is -2.74. The Morgan fingerprint density at radius 2 is 1.65 bits per heavy atom. The zero-order chi connectivity index (χ0) is 23.1. The first-order chi connectivity index (χ1) is 14.3. The Morgan fingerprint density at radius 3 is 2.23 bits per heavy atom. The van der Waals surface area contributed by atoms with Crippen LogP contribution in [0.5, 0.6) is 0 Å². The number of rotatable bonds is 2. The van der Waals surface area contributed by atoms with Crippen LogP contribution in [0.15, 0.2) is 12.2 Å². The highest BCUT2D eigenvalue weighted by atomic mass is 16.6. The van der Waals surface area contributed by atoms with E-state index in [0.29, 0.717) is 31.3 Å². The lowest BCUT2D eigenvalue weighted by molar-refractivity contribution is -0.302. The minimum atomic E-state index is -0.991. The Hall–Kier alpha value is -1.44. The third kappa shape index (κ3) is 2.89. The molecule has 0 amide bonds. The summed E-state index contributed by atoms with van der Waals surface area (Å²) < 4.78 is 11.8. The number of aliphatic hydroxyl groups is 3. The van der Waals surface area contributed by atoms with Gasteiger partial charge in [-0.3, -0.25) is 9.59 Å². The maximum atomic E-state index is 12.2. The zero-order valence-electron chi connectivity index (χ0n) is 19.1. The number of fused-ring (bicyclic) bond motifs is 3. The van der Waals surface area contributed by atoms with Crippen molar-refractivity contribution >= 4 is 11.9 Å². The maximum Gasteiger partial charge on any atom is 0.303 e. The van der Waals surface area contributed by atoms with Gasteiger partial charge in [0.1, 0.15) is 12.2 Å². The molecule has 0 saturated heterocycles. The second kappa shape index (κ2) is 7.03. The van der Waals surface area contributed by atoms with Gasteiger partial charge in [0.25, 0.3) is 0 Å². The van der Waals surface area contributed by atoms with Crippen LogP contribution in [0.1, 0.15) is 60.3 Å². The number of esters is 2. The lowest BCUT2D eigenvalue weighted by atomic mass is 9.38. The van der Waals surface area contributed by atoms with Crippen LogP contribution in [0.4, 0.5) is 0 Å². The molecule has 0 unspecified atom stereocenters. The summed E-state index contributed by atoms with van der Waals surface area (Å²) in [5, 5.41) is 33.8. The highest BCUT2D eigenvalue weighted by Crippen LogP contribution is 2.72. The quantitative estimate of drug-likeness (QED) is 0.448. The summed E-state index contributed by atoms with van der Waals surface area (Å²) in [5.74, 6) is -1.89. The van der Waals surface area contributed by atoms with Crippen molar-refractivity contribution in [3.05, 3.63) is 12.2 Å². The van der Waals surface area contributed by atoms with E-state index in [2.05, 4.69) is 13.5 Å². The summed E-state index contributed by atoms with van der Waals surface area (Å²) in [5.41, 5.74) is -1.55. The van der Waals surface area contributed by atoms with Crippen LogP contribution in [0.3, 0.4) is 0 Å². The summed E-state index contributed by atoms with van der Waals surface area (Å²) in [6.45, 7) is 12.7. The number of ether oxygens (including phenoxy) is 2. The van der Waals surface area contributed by atoms with Crippen LogP contribution < -0.4 is 0 Å². The van der Waals surface area contributed by atoms with Crippen molar-refractivity contribution in [2.45, 2.75) is 90.8 Å². The normalized spacial score (nSPS) is 50.3. The molecule has 7 heteroatoms. The molecule has 0 aromatic heterocycles. The Bertz CT molecular complexity index is 806. The number of aliphatic hydroxyl groups excluding tert-OH is 3. The molecule has 1 spiro atoms. The van der Waals surface area contributed by atoms with Crippen LogP contribution in [0.25, 0.3) is 0 Å². The third-order valence-corrected chi connectivity index (χ3v) is 9.26. The Kier molecular flexibility index (Phi) is 5.16. The molecule has 31 heavy (non-hydrogen) atoms. The second-order valence-electron chi connectivity index (χ2n) is 11.2. The molecule has 4 aliphatic carbocycles. The van der Waals surface area contributed by atoms with Gasteiger partial charge in [-0.1, -0.05) is 27.4 Å². The largest absolute Gasteiger partial charge is 0.458 e. The number of carbonyl (C=O) groups is 2. The number of hydrogen-bond acceptors (Lipinski definition) is 7. The van der Waals surface area contributed by atoms with E-state index in [9.17, 15) is 24.9 Å². The average molecular weight is 437 g/mol. The van der Waals surface area contributed by atoms with Crippen molar-refractivity contribution in [1.29, 1.82) is 0 Å². The SMILES string of the molecule is C=C1[C@H]2C[C@H](O)[C@H]3[C@]4(C)CC[C@H](O)C(C)(C)[C@H]4[C@@H](OC(C)=O)[C@H](OC(C)=O)[C@]3(C2)[C@@H]1O. The summed E-state index contributed by atoms with van der Waals surface area (Å²) in [6, 6.07) is 0. The predicted octanol–water partition coefficient (Wildman–Crippen LogP) is 1.97. The van der Waals surface area contributed by atoms with E-state index in [-0.39, 0.29) is 11.8 Å². The van der Waals surface area contributed by atoms with Gasteiger partial charge < -0.3 is 24.8 Å². The summed E-state index contributed by atoms with van der Waals surface area (Å²) in [6.07, 6.45) is -1.93. The predicted molar refractivity (Wildman–Crippen MR) is 112 cm³/mol. The van der Waals surface area contributed by atoms with E-state index in [1.165, 1.54) is 13.8 Å². The first kappa shape index (κ1) is 22.7. The Balaban J connectivity index is 1.99. The van der Waals surface area contributed by atoms with Gasteiger partial charge in [0.05, 0.1) is 18.3 Å². The van der Waals surface area contributed by atoms with E-state index in [4.69, 9.17) is 9.47 Å². The molecule has 10 atom stereocenters. The molecule has 174 valence electrons. The Labute approximate surface area is 183 Å². The molecule has 2 bridgehead atoms. The summed E-state index contributed by atoms with van der Waals surface area (Å²) >= 11 is 0. The third-order valence-electron chi connectivity index (χ3n) is 9.26. The fourth-order valence-corrected chi connectivity index (χ4v) is 8.40. The summed E-state index contributed by atoms with van der Waals surface area (Å²) in [7, 11) is 0. The van der Waals surface area contributed by atoms with E-state index >= 15 is 0 Å². The fraction of sp³-hybridized carbons (Fsp3) is 0.833. The van der Waals surface area contributed by atoms with Gasteiger partial charge >= 0.3 is 11.9 Å². The van der Waals surface area contributed by atoms with Crippen LogP contribution >= 0.6 is 0 Å². The first-order valence-electron chi connectivity index (χ1n) is 11.4. The van der Waals surface area contributed by atoms with Gasteiger partial charge in [-0.25, -0.2) is 0 Å². The van der Waals surface area contributed by atoms with Crippen molar-refractivity contribution in [1.82, 2.24) is 0 Å². The minimum absolute atomic E-state index is 0.0837. The minimum Gasteiger partial charge on any atom is -0.458 e. The fourth-order valence-electron chi connectivity index (χ4n) is 8.40. The second-order valence-corrected chi connectivity index (χ2v) is 11.2. The van der Waals surface area contributed by atoms with Gasteiger partial charge in [-0.2, -0.15) is 0 Å². The molecule has 0 aromatic carbocycles. The lowest BCUT2D eigenvalue weighted by Gasteiger charge is -2.68. The maximum absolute atomic E-state index is 12.2.